The van der Waals surface area contributed by atoms with Crippen LogP contribution >= 0.6 is 0 Å². The Kier molecular flexibility index (Phi) is 3.48. The van der Waals surface area contributed by atoms with E-state index in [1.807, 2.05) is 42.3 Å². The Morgan fingerprint density at radius 3 is 2.81 bits per heavy atom. The monoisotopic (exact) mass is 282 g/mol. The summed E-state index contributed by atoms with van der Waals surface area (Å²) < 4.78 is 0. The van der Waals surface area contributed by atoms with Crippen molar-refractivity contribution in [3.63, 3.8) is 0 Å². The van der Waals surface area contributed by atoms with Crippen LogP contribution in [0.1, 0.15) is 11.1 Å². The van der Waals surface area contributed by atoms with E-state index in [0.29, 0.717) is 25.3 Å². The number of amides is 2. The zero-order chi connectivity index (χ0) is 14.8. The number of benzene rings is 1. The average Bonchev–Trinajstić information content (AvgIpc) is 2.81. The van der Waals surface area contributed by atoms with Gasteiger partial charge >= 0.3 is 6.03 Å². The van der Waals surface area contributed by atoms with E-state index in [-0.39, 0.29) is 6.03 Å². The van der Waals surface area contributed by atoms with Crippen molar-refractivity contribution in [2.75, 3.05) is 23.7 Å². The summed E-state index contributed by atoms with van der Waals surface area (Å²) in [7, 11) is 0. The molecule has 5 heteroatoms. The minimum Gasteiger partial charge on any atom is -0.397 e. The number of anilines is 2. The van der Waals surface area contributed by atoms with Crippen molar-refractivity contribution in [1.29, 1.82) is 0 Å². The Morgan fingerprint density at radius 2 is 2.05 bits per heavy atom. The van der Waals surface area contributed by atoms with Crippen LogP contribution < -0.4 is 10.6 Å². The predicted octanol–water partition coefficient (Wildman–Crippen LogP) is 2.41. The van der Waals surface area contributed by atoms with Crippen LogP contribution in [0.15, 0.2) is 42.7 Å². The number of aryl methyl sites for hydroxylation is 1. The normalized spacial score (nSPS) is 14.8. The van der Waals surface area contributed by atoms with Gasteiger partial charge in [-0.15, -0.1) is 0 Å². The Balaban J connectivity index is 1.76. The number of hydrogen-bond acceptors (Lipinski definition) is 3. The van der Waals surface area contributed by atoms with Gasteiger partial charge < -0.3 is 10.6 Å². The van der Waals surface area contributed by atoms with E-state index in [1.165, 1.54) is 0 Å². The van der Waals surface area contributed by atoms with E-state index in [4.69, 9.17) is 5.73 Å². The third-order valence-corrected chi connectivity index (χ3v) is 3.63. The summed E-state index contributed by atoms with van der Waals surface area (Å²) in [5, 5.41) is 0. The van der Waals surface area contributed by atoms with E-state index in [0.717, 1.165) is 16.8 Å². The highest BCUT2D eigenvalue weighted by atomic mass is 16.2. The molecule has 0 atom stereocenters. The Bertz CT molecular complexity index is 671. The van der Waals surface area contributed by atoms with Crippen molar-refractivity contribution in [3.8, 4) is 0 Å². The lowest BCUT2D eigenvalue weighted by Gasteiger charge is -2.20. The summed E-state index contributed by atoms with van der Waals surface area (Å²) in [5.41, 5.74) is 9.52. The number of aromatic nitrogens is 1. The molecule has 2 amide bonds. The fraction of sp³-hybridized carbons (Fsp3) is 0.250. The van der Waals surface area contributed by atoms with Crippen molar-refractivity contribution in [2.45, 2.75) is 13.5 Å². The summed E-state index contributed by atoms with van der Waals surface area (Å²) in [6.45, 7) is 3.93. The quantitative estimate of drug-likeness (QED) is 0.879. The summed E-state index contributed by atoms with van der Waals surface area (Å²) in [6, 6.07) is 9.51. The minimum atomic E-state index is -0.00518. The minimum absolute atomic E-state index is 0.00518. The Hall–Kier alpha value is -2.56. The number of para-hydroxylation sites is 2. The number of urea groups is 1. The van der Waals surface area contributed by atoms with Gasteiger partial charge in [0.2, 0.25) is 0 Å². The zero-order valence-electron chi connectivity index (χ0n) is 12.0. The van der Waals surface area contributed by atoms with Crippen LogP contribution in [0.2, 0.25) is 0 Å². The molecule has 1 aliphatic rings. The van der Waals surface area contributed by atoms with Crippen molar-refractivity contribution in [3.05, 3.63) is 53.9 Å². The molecule has 1 aliphatic heterocycles. The van der Waals surface area contributed by atoms with Crippen LogP contribution in [0.5, 0.6) is 0 Å². The first-order chi connectivity index (χ1) is 10.1. The summed E-state index contributed by atoms with van der Waals surface area (Å²) in [6.07, 6.45) is 3.62. The molecule has 5 nitrogen and oxygen atoms in total. The lowest BCUT2D eigenvalue weighted by Crippen LogP contribution is -2.31. The third-order valence-electron chi connectivity index (χ3n) is 3.63. The van der Waals surface area contributed by atoms with Crippen molar-refractivity contribution in [1.82, 2.24) is 9.88 Å². The van der Waals surface area contributed by atoms with Gasteiger partial charge in [0.15, 0.2) is 0 Å². The molecule has 1 aromatic carbocycles. The highest BCUT2D eigenvalue weighted by Crippen LogP contribution is 2.26. The van der Waals surface area contributed by atoms with E-state index < -0.39 is 0 Å². The second kappa shape index (κ2) is 5.44. The molecular formula is C16H18N4O. The SMILES string of the molecule is Cc1cncc(CN2CCN(c3ccccc3N)C2=O)c1. The summed E-state index contributed by atoms with van der Waals surface area (Å²) >= 11 is 0. The topological polar surface area (TPSA) is 62.5 Å². The van der Waals surface area contributed by atoms with E-state index in [2.05, 4.69) is 11.1 Å². The first kappa shape index (κ1) is 13.4. The maximum absolute atomic E-state index is 12.5. The number of hydrogen-bond donors (Lipinski definition) is 1. The molecule has 0 spiro atoms. The van der Waals surface area contributed by atoms with Crippen LogP contribution in [0.3, 0.4) is 0 Å². The molecule has 1 aromatic heterocycles. The molecule has 0 aliphatic carbocycles. The highest BCUT2D eigenvalue weighted by Gasteiger charge is 2.30. The smallest absolute Gasteiger partial charge is 0.324 e. The van der Waals surface area contributed by atoms with Crippen LogP contribution in [0.4, 0.5) is 16.2 Å². The highest BCUT2D eigenvalue weighted by molar-refractivity contribution is 5.97. The van der Waals surface area contributed by atoms with Crippen molar-refractivity contribution < 1.29 is 4.79 Å². The molecule has 0 unspecified atom stereocenters. The molecule has 0 bridgehead atoms. The van der Waals surface area contributed by atoms with Crippen molar-refractivity contribution in [2.24, 2.45) is 0 Å². The predicted molar refractivity (Wildman–Crippen MR) is 83.0 cm³/mol. The fourth-order valence-electron chi connectivity index (χ4n) is 2.61. The number of carbonyl (C=O) groups is 1. The largest absolute Gasteiger partial charge is 0.397 e. The molecule has 108 valence electrons. The molecule has 1 fully saturated rings. The van der Waals surface area contributed by atoms with Gasteiger partial charge in [0.25, 0.3) is 0 Å². The van der Waals surface area contributed by atoms with Gasteiger partial charge in [-0.05, 0) is 30.2 Å². The molecule has 2 heterocycles. The van der Waals surface area contributed by atoms with E-state index in [9.17, 15) is 4.79 Å². The second-order valence-corrected chi connectivity index (χ2v) is 5.29. The van der Waals surface area contributed by atoms with Gasteiger partial charge in [-0.2, -0.15) is 0 Å². The van der Waals surface area contributed by atoms with Gasteiger partial charge in [-0.1, -0.05) is 18.2 Å². The van der Waals surface area contributed by atoms with Crippen LogP contribution in [-0.2, 0) is 6.54 Å². The van der Waals surface area contributed by atoms with Gasteiger partial charge in [-0.3, -0.25) is 9.88 Å². The average molecular weight is 282 g/mol. The fourth-order valence-corrected chi connectivity index (χ4v) is 2.61. The maximum Gasteiger partial charge on any atom is 0.324 e. The molecule has 21 heavy (non-hydrogen) atoms. The van der Waals surface area contributed by atoms with Gasteiger partial charge in [0.05, 0.1) is 11.4 Å². The number of pyridine rings is 1. The molecule has 0 radical (unpaired) electrons. The first-order valence-corrected chi connectivity index (χ1v) is 6.96. The Labute approximate surface area is 124 Å². The maximum atomic E-state index is 12.5. The molecular weight excluding hydrogens is 264 g/mol. The summed E-state index contributed by atoms with van der Waals surface area (Å²) in [4.78, 5) is 20.3. The number of nitrogen functional groups attached to an aromatic ring is 1. The van der Waals surface area contributed by atoms with Gasteiger partial charge in [0, 0.05) is 32.0 Å². The Morgan fingerprint density at radius 1 is 1.24 bits per heavy atom. The van der Waals surface area contributed by atoms with Crippen LogP contribution in [0, 0.1) is 6.92 Å². The number of nitrogens with zero attached hydrogens (tertiary/aromatic N) is 3. The molecule has 0 saturated carbocycles. The zero-order valence-corrected chi connectivity index (χ0v) is 12.0. The van der Waals surface area contributed by atoms with E-state index in [1.54, 1.807) is 11.1 Å². The molecule has 1 saturated heterocycles. The lowest BCUT2D eigenvalue weighted by molar-refractivity contribution is 0.218. The first-order valence-electron chi connectivity index (χ1n) is 6.96. The third kappa shape index (κ3) is 2.67. The van der Waals surface area contributed by atoms with Gasteiger partial charge in [-0.25, -0.2) is 4.79 Å². The standard InChI is InChI=1S/C16H18N4O/c1-12-8-13(10-18-9-12)11-19-6-7-20(16(19)21)15-5-3-2-4-14(15)17/h2-5,8-10H,6-7,11,17H2,1H3. The second-order valence-electron chi connectivity index (χ2n) is 5.29. The van der Waals surface area contributed by atoms with Crippen LogP contribution in [0.25, 0.3) is 0 Å². The molecule has 2 aromatic rings. The van der Waals surface area contributed by atoms with Crippen molar-refractivity contribution >= 4 is 17.4 Å². The lowest BCUT2D eigenvalue weighted by atomic mass is 10.2. The summed E-state index contributed by atoms with van der Waals surface area (Å²) in [5.74, 6) is 0. The number of nitrogens with two attached hydrogens (primary N) is 1. The number of rotatable bonds is 3. The molecule has 3 rings (SSSR count). The van der Waals surface area contributed by atoms with Crippen LogP contribution in [-0.4, -0.2) is 29.0 Å². The van der Waals surface area contributed by atoms with Gasteiger partial charge in [0.1, 0.15) is 0 Å². The molecule has 2 N–H and O–H groups in total. The number of carbonyl (C=O) groups excluding carboxylic acids is 1. The van der Waals surface area contributed by atoms with E-state index >= 15 is 0 Å².